The maximum atomic E-state index is 12.8. The van der Waals surface area contributed by atoms with Crippen molar-refractivity contribution in [2.45, 2.75) is 13.3 Å². The Kier molecular flexibility index (Phi) is 4.67. The molecule has 126 valence electrons. The predicted octanol–water partition coefficient (Wildman–Crippen LogP) is 3.97. The number of rotatable bonds is 5. The molecular weight excluding hydrogens is 340 g/mol. The summed E-state index contributed by atoms with van der Waals surface area (Å²) in [4.78, 5) is 39.1. The highest BCUT2D eigenvalue weighted by molar-refractivity contribution is 6.31. The number of amides is 1. The van der Waals surface area contributed by atoms with Crippen LogP contribution in [0.15, 0.2) is 48.5 Å². The molecule has 0 aliphatic heterocycles. The molecule has 1 aromatic heterocycles. The zero-order valence-corrected chi connectivity index (χ0v) is 14.2. The third-order valence-corrected chi connectivity index (χ3v) is 3.93. The smallest absolute Gasteiger partial charge is 0.231 e. The van der Waals surface area contributed by atoms with E-state index in [1.54, 1.807) is 42.5 Å². The maximum Gasteiger partial charge on any atom is 0.231 e. The maximum absolute atomic E-state index is 12.8. The lowest BCUT2D eigenvalue weighted by molar-refractivity contribution is -0.124. The normalized spacial score (nSPS) is 10.6. The Hall–Kier alpha value is -2.92. The van der Waals surface area contributed by atoms with Gasteiger partial charge in [-0.2, -0.15) is 0 Å². The summed E-state index contributed by atoms with van der Waals surface area (Å²) in [6.07, 6.45) is -0.251. The fourth-order valence-electron chi connectivity index (χ4n) is 2.61. The minimum Gasteiger partial charge on any atom is -0.350 e. The molecule has 3 rings (SSSR count). The molecule has 0 atom stereocenters. The van der Waals surface area contributed by atoms with Gasteiger partial charge in [-0.3, -0.25) is 14.4 Å². The summed E-state index contributed by atoms with van der Waals surface area (Å²) >= 11 is 6.01. The van der Waals surface area contributed by atoms with Gasteiger partial charge in [0.05, 0.1) is 12.1 Å². The molecule has 2 aromatic carbocycles. The molecule has 0 spiro atoms. The highest BCUT2D eigenvalue weighted by atomic mass is 35.5. The number of carbonyl (C=O) groups is 3. The summed E-state index contributed by atoms with van der Waals surface area (Å²) in [5.41, 5.74) is 1.72. The van der Waals surface area contributed by atoms with Gasteiger partial charge in [-0.1, -0.05) is 41.9 Å². The predicted molar refractivity (Wildman–Crippen MR) is 97.1 cm³/mol. The van der Waals surface area contributed by atoms with Crippen molar-refractivity contribution in [3.63, 3.8) is 0 Å². The minimum absolute atomic E-state index is 0.250. The summed E-state index contributed by atoms with van der Waals surface area (Å²) in [6.45, 7) is 1.34. The molecular formula is C19H15ClN2O3. The Bertz CT molecular complexity index is 977. The van der Waals surface area contributed by atoms with Gasteiger partial charge in [0, 0.05) is 21.5 Å². The second kappa shape index (κ2) is 6.91. The summed E-state index contributed by atoms with van der Waals surface area (Å²) < 4.78 is 0. The monoisotopic (exact) mass is 354 g/mol. The molecule has 3 aromatic rings. The van der Waals surface area contributed by atoms with E-state index in [1.807, 2.05) is 6.07 Å². The molecule has 1 amide bonds. The lowest BCUT2D eigenvalue weighted by Gasteiger charge is -2.06. The van der Waals surface area contributed by atoms with E-state index in [2.05, 4.69) is 10.3 Å². The number of nitrogens with one attached hydrogen (secondary N) is 2. The number of ketones is 2. The first kappa shape index (κ1) is 16.9. The van der Waals surface area contributed by atoms with Crippen LogP contribution in [0.2, 0.25) is 5.02 Å². The van der Waals surface area contributed by atoms with E-state index in [4.69, 9.17) is 11.6 Å². The molecule has 0 aliphatic carbocycles. The summed E-state index contributed by atoms with van der Waals surface area (Å²) in [5.74, 6) is -0.979. The van der Waals surface area contributed by atoms with Crippen LogP contribution in [0.25, 0.3) is 10.9 Å². The SMILES string of the molecule is CC(=O)CC(=O)Nc1c(C(=O)c2ccccc2)[nH]c2cc(Cl)ccc12. The Morgan fingerprint density at radius 3 is 2.48 bits per heavy atom. The fourth-order valence-corrected chi connectivity index (χ4v) is 2.79. The number of anilines is 1. The first-order chi connectivity index (χ1) is 12.0. The highest BCUT2D eigenvalue weighted by Gasteiger charge is 2.21. The topological polar surface area (TPSA) is 79.0 Å². The molecule has 0 aliphatic rings. The van der Waals surface area contributed by atoms with Crippen LogP contribution in [0, 0.1) is 0 Å². The first-order valence-corrected chi connectivity index (χ1v) is 8.04. The van der Waals surface area contributed by atoms with Gasteiger partial charge < -0.3 is 10.3 Å². The molecule has 0 bridgehead atoms. The van der Waals surface area contributed by atoms with E-state index in [0.29, 0.717) is 27.2 Å². The van der Waals surface area contributed by atoms with Crippen LogP contribution in [0.1, 0.15) is 29.4 Å². The van der Waals surface area contributed by atoms with Crippen molar-refractivity contribution < 1.29 is 14.4 Å². The van der Waals surface area contributed by atoms with Gasteiger partial charge in [-0.15, -0.1) is 0 Å². The number of halogens is 1. The number of fused-ring (bicyclic) bond motifs is 1. The van der Waals surface area contributed by atoms with Crippen LogP contribution in [-0.4, -0.2) is 22.5 Å². The van der Waals surface area contributed by atoms with Crippen molar-refractivity contribution >= 4 is 45.7 Å². The number of aromatic nitrogens is 1. The number of benzene rings is 2. The largest absolute Gasteiger partial charge is 0.350 e. The number of H-pyrrole nitrogens is 1. The lowest BCUT2D eigenvalue weighted by Crippen LogP contribution is -2.16. The number of Topliss-reactive ketones (excluding diaryl/α,β-unsaturated/α-hetero) is 1. The van der Waals surface area contributed by atoms with Crippen LogP contribution < -0.4 is 5.32 Å². The van der Waals surface area contributed by atoms with Gasteiger partial charge in [0.2, 0.25) is 11.7 Å². The van der Waals surface area contributed by atoms with E-state index in [-0.39, 0.29) is 23.7 Å². The van der Waals surface area contributed by atoms with Gasteiger partial charge in [-0.05, 0) is 25.1 Å². The van der Waals surface area contributed by atoms with Gasteiger partial charge in [0.25, 0.3) is 0 Å². The van der Waals surface area contributed by atoms with Gasteiger partial charge in [0.15, 0.2) is 0 Å². The average molecular weight is 355 g/mol. The van der Waals surface area contributed by atoms with Crippen molar-refractivity contribution in [1.82, 2.24) is 4.98 Å². The summed E-state index contributed by atoms with van der Waals surface area (Å²) in [5, 5.41) is 3.84. The van der Waals surface area contributed by atoms with Gasteiger partial charge in [0.1, 0.15) is 11.5 Å². The van der Waals surface area contributed by atoms with Crippen LogP contribution in [0.3, 0.4) is 0 Å². The van der Waals surface area contributed by atoms with E-state index in [9.17, 15) is 14.4 Å². The second-order valence-corrected chi connectivity index (χ2v) is 6.12. The highest BCUT2D eigenvalue weighted by Crippen LogP contribution is 2.31. The Morgan fingerprint density at radius 2 is 1.80 bits per heavy atom. The van der Waals surface area contributed by atoms with Crippen LogP contribution in [0.4, 0.5) is 5.69 Å². The summed E-state index contributed by atoms with van der Waals surface area (Å²) in [7, 11) is 0. The van der Waals surface area contributed by atoms with Gasteiger partial charge in [-0.25, -0.2) is 0 Å². The van der Waals surface area contributed by atoms with Crippen LogP contribution >= 0.6 is 11.6 Å². The molecule has 1 heterocycles. The standard InChI is InChI=1S/C19H15ClN2O3/c1-11(23)9-16(24)22-17-14-8-7-13(20)10-15(14)21-18(17)19(25)12-5-3-2-4-6-12/h2-8,10,21H,9H2,1H3,(H,22,24). The van der Waals surface area contributed by atoms with Crippen LogP contribution in [0.5, 0.6) is 0 Å². The zero-order chi connectivity index (χ0) is 18.0. The number of hydrogen-bond acceptors (Lipinski definition) is 3. The van der Waals surface area contributed by atoms with Crippen molar-refractivity contribution in [1.29, 1.82) is 0 Å². The molecule has 0 unspecified atom stereocenters. The molecule has 2 N–H and O–H groups in total. The molecule has 0 fully saturated rings. The van der Waals surface area contributed by atoms with E-state index >= 15 is 0 Å². The summed E-state index contributed by atoms with van der Waals surface area (Å²) in [6, 6.07) is 13.8. The van der Waals surface area contributed by atoms with E-state index in [0.717, 1.165) is 0 Å². The Morgan fingerprint density at radius 1 is 1.08 bits per heavy atom. The third-order valence-electron chi connectivity index (χ3n) is 3.70. The Balaban J connectivity index is 2.10. The van der Waals surface area contributed by atoms with Crippen molar-refractivity contribution in [2.24, 2.45) is 0 Å². The first-order valence-electron chi connectivity index (χ1n) is 7.66. The second-order valence-electron chi connectivity index (χ2n) is 5.69. The molecule has 5 nitrogen and oxygen atoms in total. The Labute approximate surface area is 149 Å². The molecule has 0 saturated carbocycles. The zero-order valence-electron chi connectivity index (χ0n) is 13.4. The fraction of sp³-hybridized carbons (Fsp3) is 0.105. The van der Waals surface area contributed by atoms with Crippen molar-refractivity contribution in [3.05, 3.63) is 64.8 Å². The molecule has 6 heteroatoms. The minimum atomic E-state index is -0.467. The number of carbonyl (C=O) groups excluding carboxylic acids is 3. The molecule has 25 heavy (non-hydrogen) atoms. The van der Waals surface area contributed by atoms with E-state index in [1.165, 1.54) is 6.92 Å². The third kappa shape index (κ3) is 3.61. The van der Waals surface area contributed by atoms with Crippen molar-refractivity contribution in [3.8, 4) is 0 Å². The molecule has 0 radical (unpaired) electrons. The molecule has 0 saturated heterocycles. The van der Waals surface area contributed by atoms with Crippen molar-refractivity contribution in [2.75, 3.05) is 5.32 Å². The number of hydrogen-bond donors (Lipinski definition) is 2. The number of aromatic amines is 1. The van der Waals surface area contributed by atoms with E-state index < -0.39 is 5.91 Å². The lowest BCUT2D eigenvalue weighted by atomic mass is 10.1. The van der Waals surface area contributed by atoms with Gasteiger partial charge >= 0.3 is 0 Å². The quantitative estimate of drug-likeness (QED) is 0.537. The van der Waals surface area contributed by atoms with Crippen LogP contribution in [-0.2, 0) is 9.59 Å². The average Bonchev–Trinajstić information content (AvgIpc) is 2.91.